The Kier molecular flexibility index (Phi) is 8.84. The van der Waals surface area contributed by atoms with E-state index in [0.29, 0.717) is 29.7 Å². The number of aryl methyl sites for hydroxylation is 2. The number of fused-ring (bicyclic) bond motifs is 3. The monoisotopic (exact) mass is 510 g/mol. The molecular formula is C27H34N4O4S. The first kappa shape index (κ1) is 27.3. The third-order valence-corrected chi connectivity index (χ3v) is 7.61. The average molecular weight is 511 g/mol. The highest BCUT2D eigenvalue weighted by Gasteiger charge is 2.21. The van der Waals surface area contributed by atoms with E-state index >= 15 is 0 Å². The number of aliphatic hydroxyl groups excluding tert-OH is 1. The minimum Gasteiger partial charge on any atom is -0.396 e. The SMILES string of the molecule is CCS(=O)(=O)c1cccc(-c2cc(C(=O)NCCCO)c(C)c3[nH]c4ncc(C)cc4c23)c1.CNC. The number of carbonyl (C=O) groups excluding carboxylic acids is 1. The highest BCUT2D eigenvalue weighted by Crippen LogP contribution is 2.38. The molecule has 0 saturated carbocycles. The maximum Gasteiger partial charge on any atom is 0.251 e. The van der Waals surface area contributed by atoms with Crippen molar-refractivity contribution in [2.45, 2.75) is 32.1 Å². The number of aromatic amines is 1. The van der Waals surface area contributed by atoms with Crippen molar-refractivity contribution >= 4 is 37.7 Å². The number of aromatic nitrogens is 2. The molecule has 0 aliphatic heterocycles. The normalized spacial score (nSPS) is 11.4. The number of hydrogen-bond acceptors (Lipinski definition) is 6. The Labute approximate surface area is 212 Å². The Balaban J connectivity index is 0.00000115. The molecule has 0 aliphatic carbocycles. The van der Waals surface area contributed by atoms with Gasteiger partial charge in [-0.25, -0.2) is 13.4 Å². The summed E-state index contributed by atoms with van der Waals surface area (Å²) in [6.45, 7) is 5.83. The van der Waals surface area contributed by atoms with E-state index in [-0.39, 0.29) is 23.2 Å². The molecule has 0 saturated heterocycles. The van der Waals surface area contributed by atoms with Gasteiger partial charge < -0.3 is 20.7 Å². The molecule has 192 valence electrons. The second-order valence-corrected chi connectivity index (χ2v) is 10.9. The molecule has 36 heavy (non-hydrogen) atoms. The largest absolute Gasteiger partial charge is 0.396 e. The molecule has 4 aromatic rings. The van der Waals surface area contributed by atoms with Gasteiger partial charge in [-0.1, -0.05) is 19.1 Å². The molecule has 0 radical (unpaired) electrons. The van der Waals surface area contributed by atoms with Crippen LogP contribution in [0.1, 0.15) is 34.8 Å². The van der Waals surface area contributed by atoms with Crippen LogP contribution < -0.4 is 10.6 Å². The minimum absolute atomic E-state index is 0.00468. The van der Waals surface area contributed by atoms with E-state index in [1.54, 1.807) is 31.3 Å². The molecule has 0 unspecified atom stereocenters. The summed E-state index contributed by atoms with van der Waals surface area (Å²) >= 11 is 0. The number of rotatable bonds is 7. The van der Waals surface area contributed by atoms with Crippen molar-refractivity contribution in [3.8, 4) is 11.1 Å². The van der Waals surface area contributed by atoms with E-state index in [9.17, 15) is 13.2 Å². The lowest BCUT2D eigenvalue weighted by Gasteiger charge is -2.13. The molecule has 8 nitrogen and oxygen atoms in total. The van der Waals surface area contributed by atoms with Gasteiger partial charge in [-0.3, -0.25) is 4.79 Å². The third-order valence-electron chi connectivity index (χ3n) is 5.87. The van der Waals surface area contributed by atoms with E-state index in [0.717, 1.165) is 33.0 Å². The van der Waals surface area contributed by atoms with Crippen molar-refractivity contribution in [1.82, 2.24) is 20.6 Å². The number of aliphatic hydroxyl groups is 1. The standard InChI is InChI=1S/C25H27N3O4S.C2H7N/c1-4-33(31,32)18-8-5-7-17(12-18)20-13-19(25(30)26-9-6-10-29)16(3)23-22(20)21-11-15(2)14-27-24(21)28-23;1-3-2/h5,7-8,11-14,29H,4,6,9-10H2,1-3H3,(H,26,30)(H,27,28);3H,1-2H3. The highest BCUT2D eigenvalue weighted by atomic mass is 32.2. The van der Waals surface area contributed by atoms with Crippen LogP contribution in [0.15, 0.2) is 47.5 Å². The molecule has 2 heterocycles. The van der Waals surface area contributed by atoms with Crippen LogP contribution in [0.2, 0.25) is 0 Å². The number of pyridine rings is 1. The van der Waals surface area contributed by atoms with Crippen molar-refractivity contribution in [2.75, 3.05) is 33.0 Å². The van der Waals surface area contributed by atoms with E-state index in [4.69, 9.17) is 5.11 Å². The summed E-state index contributed by atoms with van der Waals surface area (Å²) in [7, 11) is 0.360. The van der Waals surface area contributed by atoms with Crippen LogP contribution in [0.5, 0.6) is 0 Å². The maximum absolute atomic E-state index is 13.0. The van der Waals surface area contributed by atoms with Crippen molar-refractivity contribution in [3.05, 3.63) is 59.3 Å². The molecule has 2 aromatic heterocycles. The van der Waals surface area contributed by atoms with Crippen LogP contribution in [0.3, 0.4) is 0 Å². The summed E-state index contributed by atoms with van der Waals surface area (Å²) in [4.78, 5) is 21.1. The lowest BCUT2D eigenvalue weighted by Crippen LogP contribution is -2.25. The Morgan fingerprint density at radius 3 is 2.53 bits per heavy atom. The Bertz CT molecular complexity index is 1490. The number of hydrogen-bond donors (Lipinski definition) is 4. The number of sulfone groups is 1. The summed E-state index contributed by atoms with van der Waals surface area (Å²) in [6, 6.07) is 10.7. The molecule has 0 fully saturated rings. The quantitative estimate of drug-likeness (QED) is 0.281. The fourth-order valence-electron chi connectivity index (χ4n) is 4.06. The van der Waals surface area contributed by atoms with Crippen LogP contribution in [0.25, 0.3) is 33.1 Å². The van der Waals surface area contributed by atoms with Gasteiger partial charge >= 0.3 is 0 Å². The summed E-state index contributed by atoms with van der Waals surface area (Å²) in [5.41, 5.74) is 5.23. The maximum atomic E-state index is 13.0. The van der Waals surface area contributed by atoms with Gasteiger partial charge in [-0.05, 0) is 80.9 Å². The molecular weight excluding hydrogens is 476 g/mol. The van der Waals surface area contributed by atoms with Gasteiger partial charge in [-0.2, -0.15) is 0 Å². The second-order valence-electron chi connectivity index (χ2n) is 8.64. The molecule has 0 aliphatic rings. The Morgan fingerprint density at radius 2 is 1.86 bits per heavy atom. The van der Waals surface area contributed by atoms with Gasteiger partial charge in [0.15, 0.2) is 9.84 Å². The third kappa shape index (κ3) is 5.59. The number of amides is 1. The molecule has 4 rings (SSSR count). The van der Waals surface area contributed by atoms with Crippen molar-refractivity contribution < 1.29 is 18.3 Å². The summed E-state index contributed by atoms with van der Waals surface area (Å²) in [6.07, 6.45) is 2.25. The van der Waals surface area contributed by atoms with Crippen molar-refractivity contribution in [1.29, 1.82) is 0 Å². The number of nitrogens with one attached hydrogen (secondary N) is 3. The predicted octanol–water partition coefficient (Wildman–Crippen LogP) is 3.74. The summed E-state index contributed by atoms with van der Waals surface area (Å²) in [5.74, 6) is -0.238. The molecule has 9 heteroatoms. The van der Waals surface area contributed by atoms with Crippen molar-refractivity contribution in [2.24, 2.45) is 0 Å². The van der Waals surface area contributed by atoms with E-state index in [1.807, 2.05) is 46.1 Å². The zero-order valence-electron chi connectivity index (χ0n) is 21.4. The van der Waals surface area contributed by atoms with Gasteiger partial charge in [0, 0.05) is 35.7 Å². The van der Waals surface area contributed by atoms with Crippen LogP contribution in [-0.2, 0) is 9.84 Å². The van der Waals surface area contributed by atoms with Gasteiger partial charge in [0.05, 0.1) is 16.2 Å². The smallest absolute Gasteiger partial charge is 0.251 e. The van der Waals surface area contributed by atoms with Crippen molar-refractivity contribution in [3.63, 3.8) is 0 Å². The fraction of sp³-hybridized carbons (Fsp3) is 0.333. The number of benzene rings is 2. The van der Waals surface area contributed by atoms with Gasteiger partial charge in [0.1, 0.15) is 5.65 Å². The molecule has 1 amide bonds. The lowest BCUT2D eigenvalue weighted by atomic mass is 9.93. The number of nitrogens with zero attached hydrogens (tertiary/aromatic N) is 1. The summed E-state index contributed by atoms with van der Waals surface area (Å²) < 4.78 is 25.1. The molecule has 0 spiro atoms. The molecule has 4 N–H and O–H groups in total. The van der Waals surface area contributed by atoms with Crippen LogP contribution >= 0.6 is 0 Å². The van der Waals surface area contributed by atoms with Gasteiger partial charge in [0.2, 0.25) is 0 Å². The second kappa shape index (κ2) is 11.6. The minimum atomic E-state index is -3.39. The molecule has 2 aromatic carbocycles. The van der Waals surface area contributed by atoms with E-state index in [1.165, 1.54) is 0 Å². The number of carbonyl (C=O) groups is 1. The number of H-pyrrole nitrogens is 1. The zero-order chi connectivity index (χ0) is 26.5. The Morgan fingerprint density at radius 1 is 1.14 bits per heavy atom. The van der Waals surface area contributed by atoms with Crippen LogP contribution in [-0.4, -0.2) is 62.4 Å². The summed E-state index contributed by atoms with van der Waals surface area (Å²) in [5, 5.41) is 16.5. The van der Waals surface area contributed by atoms with Crippen LogP contribution in [0.4, 0.5) is 0 Å². The van der Waals surface area contributed by atoms with E-state index in [2.05, 4.69) is 20.6 Å². The molecule has 0 atom stereocenters. The first-order valence-electron chi connectivity index (χ1n) is 11.9. The van der Waals surface area contributed by atoms with Gasteiger partial charge in [-0.15, -0.1) is 0 Å². The predicted molar refractivity (Wildman–Crippen MR) is 145 cm³/mol. The van der Waals surface area contributed by atoms with E-state index < -0.39 is 9.84 Å². The topological polar surface area (TPSA) is 124 Å². The first-order chi connectivity index (χ1) is 17.2. The highest BCUT2D eigenvalue weighted by molar-refractivity contribution is 7.91. The lowest BCUT2D eigenvalue weighted by molar-refractivity contribution is 0.0950. The first-order valence-corrected chi connectivity index (χ1v) is 13.6. The zero-order valence-corrected chi connectivity index (χ0v) is 22.2. The fourth-order valence-corrected chi connectivity index (χ4v) is 4.98. The van der Waals surface area contributed by atoms with Gasteiger partial charge in [0.25, 0.3) is 5.91 Å². The van der Waals surface area contributed by atoms with Crippen LogP contribution in [0, 0.1) is 13.8 Å². The molecule has 0 bridgehead atoms. The Hall–Kier alpha value is -3.27. The average Bonchev–Trinajstić information content (AvgIpc) is 3.24.